The highest BCUT2D eigenvalue weighted by molar-refractivity contribution is 7.90. The van der Waals surface area contributed by atoms with Gasteiger partial charge in [-0.2, -0.15) is 0 Å². The molecule has 684 valence electrons. The lowest BCUT2D eigenvalue weighted by Gasteiger charge is -2.39. The van der Waals surface area contributed by atoms with E-state index in [9.17, 15) is 46.7 Å². The minimum atomic E-state index is -4.62. The van der Waals surface area contributed by atoms with Gasteiger partial charge in [0.25, 0.3) is 43.2 Å². The number of sulfonamides is 2. The monoisotopic (exact) mass is 1840 g/mol. The molecule has 4 aromatic heterocycles. The van der Waals surface area contributed by atoms with Gasteiger partial charge in [0.2, 0.25) is 0 Å². The molecular formula is C98H112Cl2N14O14S2. The number of amides is 2. The standard InChI is InChI=1S/C50H58ClN7O7S.C48H54ClN7O7S/c1-49(2)14-17-55(18-15-49)30-33-23-42-44(58(60)61)26-40(27-45(42)64-32-33)66(62,63)54-48(59)41-10-9-38(25-46(41)65-39-24-35-12-16-52-47(35)53-29-39)57-21-19-56(20-22-57)31-36-11-13-50(3,4)28-43(36)34-5-7-37(51)8-6-34;1-48(2)14-12-35(42(27-48)33-6-8-36(49)9-7-33)30-54-18-20-55(21-19-54)37-10-11-40(45(24-37)63-38-23-34-13-15-50-46(34)51-28-38)47(57)52-64(60,61)39-25-43(56(58)59)41-22-32(31-62-44(41)26-39)29-53-16-4-3-5-17-53/h5-10,12,16,24-27,29,33H,11,13-15,17-23,28,30-32H2,1-4H3,(H,52,53)(H,54,59);6-11,13,15,23-26,28,32H,3-5,12,14,16-22,27,29-31H2,1-2H3,(H,50,51)(H,52,57)/t33-;32-/m00/s1. The van der Waals surface area contributed by atoms with Gasteiger partial charge in [0.15, 0.2) is 0 Å². The Morgan fingerprint density at radius 3 is 1.31 bits per heavy atom. The molecule has 6 aromatic carbocycles. The van der Waals surface area contributed by atoms with Crippen LogP contribution in [0.15, 0.2) is 179 Å². The molecule has 4 saturated heterocycles. The molecule has 6 aliphatic heterocycles. The van der Waals surface area contributed by atoms with E-state index in [-0.39, 0.29) is 68.2 Å². The Balaban J connectivity index is 0.000000182. The molecule has 0 spiro atoms. The second kappa shape index (κ2) is 38.1. The third-order valence-electron chi connectivity index (χ3n) is 27.1. The Morgan fingerprint density at radius 2 is 0.900 bits per heavy atom. The van der Waals surface area contributed by atoms with Crippen molar-refractivity contribution >= 4 is 111 Å². The van der Waals surface area contributed by atoms with E-state index in [2.05, 4.69) is 125 Å². The molecule has 2 atom stereocenters. The number of piperidine rings is 2. The third-order valence-corrected chi connectivity index (χ3v) is 30.2. The summed E-state index contributed by atoms with van der Waals surface area (Å²) < 4.78 is 84.9. The number of nitrogens with zero attached hydrogens (tertiary/aromatic N) is 10. The van der Waals surface area contributed by atoms with Crippen LogP contribution in [0, 0.1) is 48.3 Å². The summed E-state index contributed by atoms with van der Waals surface area (Å²) in [5.41, 5.74) is 11.9. The zero-order valence-electron chi connectivity index (χ0n) is 74.3. The van der Waals surface area contributed by atoms with Crippen molar-refractivity contribution in [3.8, 4) is 34.5 Å². The molecule has 8 aliphatic rings. The fourth-order valence-electron chi connectivity index (χ4n) is 19.5. The van der Waals surface area contributed by atoms with Crippen molar-refractivity contribution in [1.29, 1.82) is 0 Å². The largest absolute Gasteiger partial charge is 0.493 e. The van der Waals surface area contributed by atoms with Crippen LogP contribution in [0.1, 0.15) is 155 Å². The molecule has 2 amide bonds. The fraction of sp³-hybridized carbons (Fsp3) is 0.429. The molecule has 0 radical (unpaired) electrons. The molecule has 130 heavy (non-hydrogen) atoms. The number of nitro groups is 2. The summed E-state index contributed by atoms with van der Waals surface area (Å²) in [6.45, 7) is 27.8. The minimum absolute atomic E-state index is 0.0130. The van der Waals surface area contributed by atoms with Crippen LogP contribution >= 0.6 is 23.2 Å². The zero-order valence-corrected chi connectivity index (χ0v) is 77.5. The third kappa shape index (κ3) is 21.5. The number of hydrogen-bond acceptors (Lipinski definition) is 22. The van der Waals surface area contributed by atoms with Gasteiger partial charge in [-0.05, 0) is 215 Å². The number of likely N-dealkylation sites (tertiary alicyclic amines) is 2. The van der Waals surface area contributed by atoms with Crippen molar-refractivity contribution in [3.63, 3.8) is 0 Å². The van der Waals surface area contributed by atoms with Crippen molar-refractivity contribution in [1.82, 2.24) is 49.0 Å². The first-order valence-electron chi connectivity index (χ1n) is 45.1. The second-order valence-electron chi connectivity index (χ2n) is 38.4. The number of nitro benzene ring substituents is 2. The average Bonchev–Trinajstić information content (AvgIpc) is 0.965. The number of rotatable bonds is 24. The van der Waals surface area contributed by atoms with E-state index in [4.69, 9.17) is 42.1 Å². The van der Waals surface area contributed by atoms with Crippen molar-refractivity contribution in [2.24, 2.45) is 28.1 Å². The summed E-state index contributed by atoms with van der Waals surface area (Å²) in [6.07, 6.45) is 19.4. The fourth-order valence-corrected chi connectivity index (χ4v) is 21.8. The summed E-state index contributed by atoms with van der Waals surface area (Å²) >= 11 is 12.5. The molecular weight excluding hydrogens is 1730 g/mol. The molecule has 28 nitrogen and oxygen atoms in total. The molecule has 18 rings (SSSR count). The Kier molecular flexibility index (Phi) is 26.6. The van der Waals surface area contributed by atoms with Gasteiger partial charge in [0.1, 0.15) is 45.8 Å². The maximum Gasteiger partial charge on any atom is 0.277 e. The summed E-state index contributed by atoms with van der Waals surface area (Å²) in [5.74, 6) is -0.621. The number of benzene rings is 6. The summed E-state index contributed by atoms with van der Waals surface area (Å²) in [7, 11) is -9.24. The minimum Gasteiger partial charge on any atom is -0.493 e. The number of pyridine rings is 2. The SMILES string of the molecule is CC1(C)CCC(CN2CCN(c3ccc(C(=O)NS(=O)(=O)c4cc5c(c([N+](=O)[O-])c4)C[C@@H](CN4CCCCC4)CO5)c(Oc4cnc5[nH]ccc5c4)c3)CC2)=C(c2ccc(Cl)cc2)C1.CC1(C)CCN(C[C@H]2COc3cc(S(=O)(=O)NC(=O)c4ccc(N5CCN(CC6=C(c7ccc(Cl)cc7)CC(C)(C)CC6)CC5)cc4Oc4cnc5[nH]ccc5c4)cc([N+](=O)[O-])c3C2)CC1. The summed E-state index contributed by atoms with van der Waals surface area (Å²) in [4.78, 5) is 80.1. The van der Waals surface area contributed by atoms with Crippen LogP contribution in [-0.2, 0) is 32.9 Å². The molecule has 0 saturated carbocycles. The number of carbonyl (C=O) groups excluding carboxylic acids is 2. The van der Waals surface area contributed by atoms with Crippen LogP contribution in [0.3, 0.4) is 0 Å². The molecule has 2 aliphatic carbocycles. The number of halogens is 2. The average molecular weight is 1850 g/mol. The molecule has 32 heteroatoms. The number of fused-ring (bicyclic) bond motifs is 4. The predicted molar refractivity (Wildman–Crippen MR) is 505 cm³/mol. The molecule has 0 unspecified atom stereocenters. The number of hydrogen-bond donors (Lipinski definition) is 4. The van der Waals surface area contributed by atoms with Gasteiger partial charge in [-0.3, -0.25) is 39.6 Å². The smallest absolute Gasteiger partial charge is 0.277 e. The highest BCUT2D eigenvalue weighted by atomic mass is 35.5. The van der Waals surface area contributed by atoms with Crippen molar-refractivity contribution in [2.75, 3.05) is 128 Å². The number of ether oxygens (including phenoxy) is 4. The first-order valence-corrected chi connectivity index (χ1v) is 48.8. The lowest BCUT2D eigenvalue weighted by Crippen LogP contribution is -2.47. The first kappa shape index (κ1) is 91.0. The number of carbonyl (C=O) groups is 2. The molecule has 10 heterocycles. The number of H-pyrrole nitrogens is 2. The molecule has 4 N–H and O–H groups in total. The lowest BCUT2D eigenvalue weighted by atomic mass is 9.72. The van der Waals surface area contributed by atoms with Gasteiger partial charge in [0, 0.05) is 171 Å². The Morgan fingerprint density at radius 1 is 0.492 bits per heavy atom. The zero-order chi connectivity index (χ0) is 91.0. The van der Waals surface area contributed by atoms with E-state index in [1.165, 1.54) is 64.4 Å². The van der Waals surface area contributed by atoms with E-state index in [0.717, 1.165) is 213 Å². The number of aromatic amines is 2. The lowest BCUT2D eigenvalue weighted by molar-refractivity contribution is -0.386. The maximum absolute atomic E-state index is 14.1. The van der Waals surface area contributed by atoms with E-state index in [1.54, 1.807) is 60.9 Å². The van der Waals surface area contributed by atoms with Gasteiger partial charge >= 0.3 is 0 Å². The predicted octanol–water partition coefficient (Wildman–Crippen LogP) is 18.4. The first-order chi connectivity index (χ1) is 62.2. The molecule has 0 bridgehead atoms. The highest BCUT2D eigenvalue weighted by Crippen LogP contribution is 2.48. The van der Waals surface area contributed by atoms with E-state index in [1.807, 2.05) is 36.4 Å². The van der Waals surface area contributed by atoms with E-state index in [0.29, 0.717) is 65.4 Å². The summed E-state index contributed by atoms with van der Waals surface area (Å²) in [5, 5.41) is 27.8. The van der Waals surface area contributed by atoms with Crippen LogP contribution in [0.25, 0.3) is 33.2 Å². The number of piperazine rings is 2. The quantitative estimate of drug-likeness (QED) is 0.0322. The number of anilines is 2. The second-order valence-corrected chi connectivity index (χ2v) is 42.7. The van der Waals surface area contributed by atoms with Crippen molar-refractivity contribution in [2.45, 2.75) is 135 Å². The number of allylic oxidation sites excluding steroid dienone is 2. The van der Waals surface area contributed by atoms with Crippen LogP contribution < -0.4 is 38.2 Å². The van der Waals surface area contributed by atoms with Crippen LogP contribution in [0.5, 0.6) is 34.5 Å². The van der Waals surface area contributed by atoms with E-state index >= 15 is 0 Å². The Hall–Kier alpha value is -11.0. The van der Waals surface area contributed by atoms with Crippen LogP contribution in [0.2, 0.25) is 10.0 Å². The van der Waals surface area contributed by atoms with Gasteiger partial charge in [-0.1, -0.05) is 107 Å². The van der Waals surface area contributed by atoms with Gasteiger partial charge in [-0.15, -0.1) is 0 Å². The van der Waals surface area contributed by atoms with Crippen molar-refractivity contribution < 1.29 is 55.2 Å². The summed E-state index contributed by atoms with van der Waals surface area (Å²) in [6, 6.07) is 38.4. The Labute approximate surface area is 768 Å². The van der Waals surface area contributed by atoms with E-state index < -0.39 is 51.5 Å². The highest BCUT2D eigenvalue weighted by Gasteiger charge is 2.39. The molecule has 10 aromatic rings. The van der Waals surface area contributed by atoms with Gasteiger partial charge < -0.3 is 48.5 Å². The van der Waals surface area contributed by atoms with Gasteiger partial charge in [0.05, 0.1) is 67.5 Å². The van der Waals surface area contributed by atoms with Crippen LogP contribution in [-0.4, -0.2) is 196 Å². The number of aromatic nitrogens is 4. The van der Waals surface area contributed by atoms with Crippen molar-refractivity contribution in [3.05, 3.63) is 233 Å². The normalized spacial score (nSPS) is 19.8. The van der Waals surface area contributed by atoms with Gasteiger partial charge in [-0.25, -0.2) is 36.2 Å². The Bertz CT molecular complexity index is 6250. The molecule has 4 fully saturated rings. The number of nitrogens with one attached hydrogen (secondary N) is 4. The topological polar surface area (TPSA) is 326 Å². The van der Waals surface area contributed by atoms with Crippen LogP contribution in [0.4, 0.5) is 22.7 Å². The maximum atomic E-state index is 14.1.